The summed E-state index contributed by atoms with van der Waals surface area (Å²) >= 11 is 0. The Morgan fingerprint density at radius 3 is 2.39 bits per heavy atom. The van der Waals surface area contributed by atoms with E-state index < -0.39 is 5.97 Å². The first-order valence-electron chi connectivity index (χ1n) is 7.46. The highest BCUT2D eigenvalue weighted by Gasteiger charge is 2.12. The molecule has 23 heavy (non-hydrogen) atoms. The Labute approximate surface area is 135 Å². The van der Waals surface area contributed by atoms with Crippen molar-refractivity contribution in [2.45, 2.75) is 26.2 Å². The van der Waals surface area contributed by atoms with Crippen LogP contribution in [0.4, 0.5) is 5.69 Å². The number of hydrogen-bond donors (Lipinski definition) is 3. The van der Waals surface area contributed by atoms with Crippen molar-refractivity contribution in [1.82, 2.24) is 0 Å². The summed E-state index contributed by atoms with van der Waals surface area (Å²) < 4.78 is 0. The van der Waals surface area contributed by atoms with Gasteiger partial charge in [-0.25, -0.2) is 9.68 Å². The fourth-order valence-corrected chi connectivity index (χ4v) is 2.63. The van der Waals surface area contributed by atoms with Gasteiger partial charge in [0.2, 0.25) is 0 Å². The van der Waals surface area contributed by atoms with Crippen molar-refractivity contribution in [2.24, 2.45) is 0 Å². The third-order valence-corrected chi connectivity index (χ3v) is 3.85. The van der Waals surface area contributed by atoms with Gasteiger partial charge >= 0.3 is 5.97 Å². The minimum Gasteiger partial charge on any atom is -0.478 e. The number of nitrogen functional groups attached to an aromatic ring is 1. The van der Waals surface area contributed by atoms with E-state index in [9.17, 15) is 4.79 Å². The molecule has 0 spiro atoms. The molecule has 0 radical (unpaired) electrons. The first-order chi connectivity index (χ1) is 10.9. The van der Waals surface area contributed by atoms with Crippen LogP contribution in [0.3, 0.4) is 0 Å². The van der Waals surface area contributed by atoms with Crippen LogP contribution in [0.1, 0.15) is 41.3 Å². The Morgan fingerprint density at radius 1 is 1.17 bits per heavy atom. The van der Waals surface area contributed by atoms with Gasteiger partial charge in [0.25, 0.3) is 0 Å². The Bertz CT molecular complexity index is 710. The molecule has 2 rings (SSSR count). The molecule has 0 aromatic heterocycles. The number of nitrogens with two attached hydrogens (primary N) is 1. The number of benzene rings is 2. The lowest BCUT2D eigenvalue weighted by Gasteiger charge is -2.15. The van der Waals surface area contributed by atoms with Gasteiger partial charge in [-0.1, -0.05) is 38.1 Å². The van der Waals surface area contributed by atoms with Gasteiger partial charge in [0.05, 0.1) is 12.2 Å². The van der Waals surface area contributed by atoms with Crippen LogP contribution in [0, 0.1) is 0 Å². The molecule has 0 aliphatic heterocycles. The van der Waals surface area contributed by atoms with E-state index in [1.807, 2.05) is 12.1 Å². The molecule has 2 aromatic rings. The minimum absolute atomic E-state index is 0.106. The molecule has 122 valence electrons. The zero-order valence-electron chi connectivity index (χ0n) is 13.2. The molecule has 2 aromatic carbocycles. The van der Waals surface area contributed by atoms with Gasteiger partial charge in [-0.2, -0.15) is 0 Å². The van der Waals surface area contributed by atoms with Crippen molar-refractivity contribution < 1.29 is 20.0 Å². The maximum Gasteiger partial charge on any atom is 0.337 e. The molecule has 0 amide bonds. The standard InChI is InChI=1S/C18H21NO4/c1-11(2)16-9-13(4-3-12(16)7-8-23-22)14-5-6-15(18(20)21)17(19)10-14/h3-6,9-11,22H,7-8,19H2,1-2H3,(H,20,21). The third-order valence-electron chi connectivity index (χ3n) is 3.85. The Hall–Kier alpha value is -2.37. The lowest BCUT2D eigenvalue weighted by molar-refractivity contribution is -0.241. The summed E-state index contributed by atoms with van der Waals surface area (Å²) in [5.74, 6) is -0.712. The highest BCUT2D eigenvalue weighted by atomic mass is 17.1. The van der Waals surface area contributed by atoms with E-state index in [0.717, 1.165) is 16.7 Å². The molecule has 0 atom stereocenters. The van der Waals surface area contributed by atoms with Crippen LogP contribution in [-0.2, 0) is 11.3 Å². The predicted molar refractivity (Wildman–Crippen MR) is 89.6 cm³/mol. The molecule has 0 heterocycles. The van der Waals surface area contributed by atoms with Crippen molar-refractivity contribution in [1.29, 1.82) is 0 Å². The number of carboxylic acid groups (broad SMARTS) is 1. The van der Waals surface area contributed by atoms with E-state index >= 15 is 0 Å². The van der Waals surface area contributed by atoms with E-state index in [-0.39, 0.29) is 17.9 Å². The topological polar surface area (TPSA) is 92.8 Å². The van der Waals surface area contributed by atoms with Gasteiger partial charge in [0, 0.05) is 5.69 Å². The van der Waals surface area contributed by atoms with Gasteiger partial charge in [0.1, 0.15) is 0 Å². The zero-order chi connectivity index (χ0) is 17.0. The third kappa shape index (κ3) is 3.88. The molecule has 5 heteroatoms. The molecule has 0 saturated carbocycles. The van der Waals surface area contributed by atoms with Crippen LogP contribution < -0.4 is 5.73 Å². The number of rotatable bonds is 6. The van der Waals surface area contributed by atoms with Crippen LogP contribution in [0.25, 0.3) is 11.1 Å². The van der Waals surface area contributed by atoms with Crippen LogP contribution >= 0.6 is 0 Å². The van der Waals surface area contributed by atoms with E-state index in [4.69, 9.17) is 16.1 Å². The second-order valence-corrected chi connectivity index (χ2v) is 5.76. The van der Waals surface area contributed by atoms with E-state index in [0.29, 0.717) is 12.3 Å². The van der Waals surface area contributed by atoms with Gasteiger partial charge in [-0.15, -0.1) is 0 Å². The van der Waals surface area contributed by atoms with E-state index in [1.165, 1.54) is 11.6 Å². The van der Waals surface area contributed by atoms with Gasteiger partial charge in [-0.05, 0) is 46.7 Å². The van der Waals surface area contributed by atoms with Gasteiger partial charge < -0.3 is 10.8 Å². The summed E-state index contributed by atoms with van der Waals surface area (Å²) in [5.41, 5.74) is 10.3. The van der Waals surface area contributed by atoms with Crippen LogP contribution in [-0.4, -0.2) is 22.9 Å². The average molecular weight is 315 g/mol. The van der Waals surface area contributed by atoms with Crippen molar-refractivity contribution in [3.05, 3.63) is 53.1 Å². The van der Waals surface area contributed by atoms with Crippen molar-refractivity contribution >= 4 is 11.7 Å². The highest BCUT2D eigenvalue weighted by Crippen LogP contribution is 2.29. The quantitative estimate of drug-likeness (QED) is 0.428. The van der Waals surface area contributed by atoms with Crippen molar-refractivity contribution in [3.63, 3.8) is 0 Å². The fourth-order valence-electron chi connectivity index (χ4n) is 2.63. The molecule has 4 N–H and O–H groups in total. The van der Waals surface area contributed by atoms with Crippen molar-refractivity contribution in [3.8, 4) is 11.1 Å². The van der Waals surface area contributed by atoms with Crippen LogP contribution in [0.15, 0.2) is 36.4 Å². The first-order valence-corrected chi connectivity index (χ1v) is 7.46. The normalized spacial score (nSPS) is 11.0. The lowest BCUT2D eigenvalue weighted by Crippen LogP contribution is -2.03. The van der Waals surface area contributed by atoms with Gasteiger partial charge in [0.15, 0.2) is 0 Å². The molecular weight excluding hydrogens is 294 g/mol. The summed E-state index contributed by atoms with van der Waals surface area (Å²) in [5, 5.41) is 17.6. The molecule has 0 saturated heterocycles. The summed E-state index contributed by atoms with van der Waals surface area (Å²) in [6.45, 7) is 4.45. The Balaban J connectivity index is 2.42. The number of carbonyl (C=O) groups is 1. The smallest absolute Gasteiger partial charge is 0.337 e. The molecule has 0 aliphatic carbocycles. The molecule has 5 nitrogen and oxygen atoms in total. The highest BCUT2D eigenvalue weighted by molar-refractivity contribution is 5.94. The maximum atomic E-state index is 11.0. The second kappa shape index (κ2) is 7.26. The van der Waals surface area contributed by atoms with Crippen LogP contribution in [0.5, 0.6) is 0 Å². The zero-order valence-corrected chi connectivity index (χ0v) is 13.2. The molecule has 0 aliphatic rings. The fraction of sp³-hybridized carbons (Fsp3) is 0.278. The Kier molecular flexibility index (Phi) is 5.36. The summed E-state index contributed by atoms with van der Waals surface area (Å²) in [6, 6.07) is 11.0. The number of carboxylic acids is 1. The summed E-state index contributed by atoms with van der Waals surface area (Å²) in [6.07, 6.45) is 0.629. The maximum absolute atomic E-state index is 11.0. The molecule has 0 unspecified atom stereocenters. The molecular formula is C18H21NO4. The lowest BCUT2D eigenvalue weighted by atomic mass is 9.91. The van der Waals surface area contributed by atoms with E-state index in [1.54, 1.807) is 12.1 Å². The number of anilines is 1. The largest absolute Gasteiger partial charge is 0.478 e. The minimum atomic E-state index is -1.03. The second-order valence-electron chi connectivity index (χ2n) is 5.76. The predicted octanol–water partition coefficient (Wildman–Crippen LogP) is 3.79. The summed E-state index contributed by atoms with van der Waals surface area (Å²) in [4.78, 5) is 15.2. The number of hydrogen-bond acceptors (Lipinski definition) is 4. The van der Waals surface area contributed by atoms with Crippen LogP contribution in [0.2, 0.25) is 0 Å². The van der Waals surface area contributed by atoms with E-state index in [2.05, 4.69) is 24.8 Å². The summed E-state index contributed by atoms with van der Waals surface area (Å²) in [7, 11) is 0. The molecule has 0 bridgehead atoms. The average Bonchev–Trinajstić information content (AvgIpc) is 2.52. The molecule has 0 fully saturated rings. The SMILES string of the molecule is CC(C)c1cc(-c2ccc(C(=O)O)c(N)c2)ccc1CCOO. The monoisotopic (exact) mass is 315 g/mol. The Morgan fingerprint density at radius 2 is 1.83 bits per heavy atom. The first kappa shape index (κ1) is 17.0. The number of aromatic carboxylic acids is 1. The van der Waals surface area contributed by atoms with Gasteiger partial charge in [-0.3, -0.25) is 5.26 Å². The van der Waals surface area contributed by atoms with Crippen molar-refractivity contribution in [2.75, 3.05) is 12.3 Å².